The first-order valence-electron chi connectivity index (χ1n) is 12.9. The maximum Gasteiger partial charge on any atom is 0.331 e. The Bertz CT molecular complexity index is 1760. The van der Waals surface area contributed by atoms with E-state index in [1.807, 2.05) is 6.07 Å². The zero-order valence-corrected chi connectivity index (χ0v) is 22.3. The Hall–Kier alpha value is -5.32. The molecular formula is C30H28N4O7. The maximum absolute atomic E-state index is 13.4. The minimum absolute atomic E-state index is 0.106. The van der Waals surface area contributed by atoms with E-state index in [4.69, 9.17) is 14.2 Å². The van der Waals surface area contributed by atoms with Crippen molar-refractivity contribution in [3.63, 3.8) is 0 Å². The van der Waals surface area contributed by atoms with Gasteiger partial charge in [-0.1, -0.05) is 12.1 Å². The highest BCUT2D eigenvalue weighted by Crippen LogP contribution is 2.32. The van der Waals surface area contributed by atoms with Gasteiger partial charge in [-0.2, -0.15) is 0 Å². The predicted molar refractivity (Wildman–Crippen MR) is 153 cm³/mol. The van der Waals surface area contributed by atoms with Gasteiger partial charge in [-0.25, -0.2) is 4.79 Å². The average molecular weight is 557 g/mol. The lowest BCUT2D eigenvalue weighted by Crippen LogP contribution is -2.42. The summed E-state index contributed by atoms with van der Waals surface area (Å²) < 4.78 is 18.1. The Balaban J connectivity index is 1.44. The number of benzene rings is 3. The SMILES string of the molecule is C=CCCn1c(=O)c2ccc(C(=O)NCc3ccc4c(c3)OCO4)cc2n(CC(=O)Nc2ccc(OC)cc2)c1=O. The standard InChI is InChI=1S/C30H28N4O7/c1-3-4-13-33-29(37)23-11-6-20(28(36)31-16-19-5-12-25-26(14-19)41-18-40-25)15-24(23)34(30(33)38)17-27(35)32-21-7-9-22(39-2)10-8-21/h3,5-12,14-15H,1,4,13,16-18H2,2H3,(H,31,36)(H,32,35). The third kappa shape index (κ3) is 5.83. The Morgan fingerprint density at radius 2 is 1.78 bits per heavy atom. The molecule has 0 saturated heterocycles. The monoisotopic (exact) mass is 556 g/mol. The fourth-order valence-electron chi connectivity index (χ4n) is 4.48. The van der Waals surface area contributed by atoms with Crippen LogP contribution in [-0.4, -0.2) is 34.9 Å². The lowest BCUT2D eigenvalue weighted by atomic mass is 10.1. The zero-order valence-electron chi connectivity index (χ0n) is 22.3. The number of nitrogens with one attached hydrogen (secondary N) is 2. The topological polar surface area (TPSA) is 130 Å². The molecule has 2 N–H and O–H groups in total. The molecule has 1 aromatic heterocycles. The number of anilines is 1. The van der Waals surface area contributed by atoms with Crippen LogP contribution in [0, 0.1) is 0 Å². The highest BCUT2D eigenvalue weighted by molar-refractivity contribution is 5.98. The van der Waals surface area contributed by atoms with Crippen molar-refractivity contribution in [3.8, 4) is 17.2 Å². The Morgan fingerprint density at radius 1 is 1.00 bits per heavy atom. The number of carbonyl (C=O) groups excluding carboxylic acids is 2. The molecule has 0 bridgehead atoms. The van der Waals surface area contributed by atoms with Crippen LogP contribution in [0.5, 0.6) is 17.2 Å². The van der Waals surface area contributed by atoms with Gasteiger partial charge in [0.2, 0.25) is 12.7 Å². The van der Waals surface area contributed by atoms with Crippen LogP contribution in [-0.2, 0) is 24.4 Å². The summed E-state index contributed by atoms with van der Waals surface area (Å²) in [7, 11) is 1.54. The van der Waals surface area contributed by atoms with E-state index < -0.39 is 23.1 Å². The molecule has 0 aliphatic carbocycles. The van der Waals surface area contributed by atoms with Crippen LogP contribution in [0.4, 0.5) is 5.69 Å². The molecule has 11 nitrogen and oxygen atoms in total. The molecular weight excluding hydrogens is 528 g/mol. The molecule has 0 unspecified atom stereocenters. The van der Waals surface area contributed by atoms with Gasteiger partial charge in [-0.05, 0) is 66.6 Å². The average Bonchev–Trinajstić information content (AvgIpc) is 3.46. The van der Waals surface area contributed by atoms with E-state index in [-0.39, 0.29) is 42.9 Å². The maximum atomic E-state index is 13.4. The molecule has 0 atom stereocenters. The molecule has 0 spiro atoms. The zero-order chi connectivity index (χ0) is 28.9. The first-order chi connectivity index (χ1) is 19.9. The van der Waals surface area contributed by atoms with Crippen molar-refractivity contribution in [2.45, 2.75) is 26.1 Å². The number of fused-ring (bicyclic) bond motifs is 2. The number of ether oxygens (including phenoxy) is 3. The Labute approximate surface area is 234 Å². The van der Waals surface area contributed by atoms with E-state index in [9.17, 15) is 19.2 Å². The fraction of sp³-hybridized carbons (Fsp3) is 0.200. The minimum atomic E-state index is -0.660. The summed E-state index contributed by atoms with van der Waals surface area (Å²) in [6, 6.07) is 16.6. The lowest BCUT2D eigenvalue weighted by molar-refractivity contribution is -0.116. The number of hydrogen-bond donors (Lipinski definition) is 2. The molecule has 2 amide bonds. The van der Waals surface area contributed by atoms with Crippen LogP contribution in [0.15, 0.2) is 82.9 Å². The van der Waals surface area contributed by atoms with Gasteiger partial charge < -0.3 is 24.8 Å². The molecule has 2 heterocycles. The second-order valence-electron chi connectivity index (χ2n) is 9.28. The van der Waals surface area contributed by atoms with Crippen LogP contribution in [0.25, 0.3) is 10.9 Å². The van der Waals surface area contributed by atoms with E-state index in [2.05, 4.69) is 17.2 Å². The van der Waals surface area contributed by atoms with Gasteiger partial charge in [-0.15, -0.1) is 6.58 Å². The summed E-state index contributed by atoms with van der Waals surface area (Å²) in [6.07, 6.45) is 1.99. The minimum Gasteiger partial charge on any atom is -0.497 e. The van der Waals surface area contributed by atoms with Crippen molar-refractivity contribution in [3.05, 3.63) is 105 Å². The fourth-order valence-corrected chi connectivity index (χ4v) is 4.48. The highest BCUT2D eigenvalue weighted by atomic mass is 16.7. The van der Waals surface area contributed by atoms with Gasteiger partial charge in [-0.3, -0.25) is 23.5 Å². The Kier molecular flexibility index (Phi) is 7.86. The number of rotatable bonds is 10. The number of aromatic nitrogens is 2. The molecule has 3 aromatic carbocycles. The molecule has 0 saturated carbocycles. The third-order valence-corrected chi connectivity index (χ3v) is 6.61. The number of amides is 2. The normalized spacial score (nSPS) is 11.7. The van der Waals surface area contributed by atoms with Gasteiger partial charge >= 0.3 is 5.69 Å². The predicted octanol–water partition coefficient (Wildman–Crippen LogP) is 3.05. The van der Waals surface area contributed by atoms with Crippen molar-refractivity contribution in [1.29, 1.82) is 0 Å². The summed E-state index contributed by atoms with van der Waals surface area (Å²) in [4.78, 5) is 52.7. The van der Waals surface area contributed by atoms with Crippen LogP contribution in [0.3, 0.4) is 0 Å². The first-order valence-corrected chi connectivity index (χ1v) is 12.9. The summed E-state index contributed by atoms with van der Waals surface area (Å²) in [6.45, 7) is 3.76. The van der Waals surface area contributed by atoms with E-state index in [1.54, 1.807) is 42.5 Å². The molecule has 1 aliphatic heterocycles. The molecule has 11 heteroatoms. The van der Waals surface area contributed by atoms with E-state index in [0.717, 1.165) is 10.1 Å². The van der Waals surface area contributed by atoms with Gasteiger partial charge in [0.15, 0.2) is 11.5 Å². The molecule has 41 heavy (non-hydrogen) atoms. The number of carbonyl (C=O) groups is 2. The van der Waals surface area contributed by atoms with Crippen LogP contribution in [0.2, 0.25) is 0 Å². The van der Waals surface area contributed by atoms with Crippen molar-refractivity contribution in [1.82, 2.24) is 14.5 Å². The summed E-state index contributed by atoms with van der Waals surface area (Å²) in [5.74, 6) is 0.977. The Morgan fingerprint density at radius 3 is 2.54 bits per heavy atom. The summed E-state index contributed by atoms with van der Waals surface area (Å²) >= 11 is 0. The van der Waals surface area contributed by atoms with Crippen LogP contribution >= 0.6 is 0 Å². The molecule has 4 aromatic rings. The molecule has 0 radical (unpaired) electrons. The first kappa shape index (κ1) is 27.3. The van der Waals surface area contributed by atoms with Crippen LogP contribution < -0.4 is 36.1 Å². The quantitative estimate of drug-likeness (QED) is 0.287. The van der Waals surface area contributed by atoms with Crippen LogP contribution in [0.1, 0.15) is 22.3 Å². The lowest BCUT2D eigenvalue weighted by Gasteiger charge is -2.15. The van der Waals surface area contributed by atoms with Gasteiger partial charge in [0.1, 0.15) is 12.3 Å². The van der Waals surface area contributed by atoms with Crippen molar-refractivity contribution in [2.24, 2.45) is 0 Å². The van der Waals surface area contributed by atoms with E-state index in [0.29, 0.717) is 29.4 Å². The molecule has 210 valence electrons. The van der Waals surface area contributed by atoms with Crippen molar-refractivity contribution < 1.29 is 23.8 Å². The second-order valence-corrected chi connectivity index (χ2v) is 9.28. The van der Waals surface area contributed by atoms with Crippen molar-refractivity contribution >= 4 is 28.4 Å². The molecule has 1 aliphatic rings. The van der Waals surface area contributed by atoms with Gasteiger partial charge in [0.25, 0.3) is 11.5 Å². The van der Waals surface area contributed by atoms with Gasteiger partial charge in [0.05, 0.1) is 18.0 Å². The number of nitrogens with zero attached hydrogens (tertiary/aromatic N) is 2. The number of methoxy groups -OCH3 is 1. The summed E-state index contributed by atoms with van der Waals surface area (Å²) in [5, 5.41) is 5.79. The molecule has 5 rings (SSSR count). The smallest absolute Gasteiger partial charge is 0.331 e. The van der Waals surface area contributed by atoms with E-state index >= 15 is 0 Å². The van der Waals surface area contributed by atoms with Gasteiger partial charge in [0, 0.05) is 24.3 Å². The molecule has 0 fully saturated rings. The highest BCUT2D eigenvalue weighted by Gasteiger charge is 2.18. The third-order valence-electron chi connectivity index (χ3n) is 6.61. The van der Waals surface area contributed by atoms with Crippen molar-refractivity contribution in [2.75, 3.05) is 19.2 Å². The second kappa shape index (κ2) is 11.8. The van der Waals surface area contributed by atoms with E-state index in [1.165, 1.54) is 29.9 Å². The largest absolute Gasteiger partial charge is 0.497 e. The number of hydrogen-bond acceptors (Lipinski definition) is 7. The summed E-state index contributed by atoms with van der Waals surface area (Å²) in [5.41, 5.74) is 0.552. The number of allylic oxidation sites excluding steroid dienone is 1.